The first-order chi connectivity index (χ1) is 12.3. The summed E-state index contributed by atoms with van der Waals surface area (Å²) in [6, 6.07) is 13.0. The molecule has 3 N–H and O–H groups in total. The number of hydrogen-bond acceptors (Lipinski definition) is 2. The number of amides is 1. The number of allylic oxidation sites excluding steroid dienone is 1. The van der Waals surface area contributed by atoms with Gasteiger partial charge in [0.1, 0.15) is 0 Å². The Bertz CT molecular complexity index is 906. The maximum Gasteiger partial charge on any atom is 0.255 e. The molecule has 1 aliphatic rings. The van der Waals surface area contributed by atoms with Crippen molar-refractivity contribution in [2.45, 2.75) is 26.8 Å². The molecule has 0 saturated carbocycles. The summed E-state index contributed by atoms with van der Waals surface area (Å²) in [5.41, 5.74) is 5.22. The predicted octanol–water partition coefficient (Wildman–Crippen LogP) is 4.39. The summed E-state index contributed by atoms with van der Waals surface area (Å²) in [6.45, 7) is 5.86. The Labute approximate surface area is 163 Å². The largest absolute Gasteiger partial charge is 0.351 e. The van der Waals surface area contributed by atoms with Gasteiger partial charge < -0.3 is 16.0 Å². The summed E-state index contributed by atoms with van der Waals surface area (Å²) in [4.78, 5) is 13.1. The number of anilines is 1. The Balaban J connectivity index is 1.95. The molecule has 0 radical (unpaired) electrons. The highest BCUT2D eigenvalue weighted by Crippen LogP contribution is 2.29. The van der Waals surface area contributed by atoms with Crippen LogP contribution in [0.5, 0.6) is 0 Å². The van der Waals surface area contributed by atoms with Crippen LogP contribution in [0.2, 0.25) is 5.02 Å². The first kappa shape index (κ1) is 18.4. The monoisotopic (exact) mass is 385 g/mol. The van der Waals surface area contributed by atoms with Crippen molar-refractivity contribution in [1.29, 1.82) is 0 Å². The molecule has 0 bridgehead atoms. The molecule has 0 fully saturated rings. The van der Waals surface area contributed by atoms with Crippen LogP contribution in [0.1, 0.15) is 29.7 Å². The van der Waals surface area contributed by atoms with E-state index < -0.39 is 0 Å². The normalized spacial score (nSPS) is 16.8. The van der Waals surface area contributed by atoms with E-state index >= 15 is 0 Å². The molecular formula is C20H20ClN3OS. The van der Waals surface area contributed by atoms with Crippen LogP contribution in [0.4, 0.5) is 5.69 Å². The van der Waals surface area contributed by atoms with Crippen molar-refractivity contribution in [2.75, 3.05) is 5.32 Å². The molecule has 0 saturated heterocycles. The molecule has 0 aliphatic carbocycles. The van der Waals surface area contributed by atoms with E-state index in [0.717, 1.165) is 28.1 Å². The van der Waals surface area contributed by atoms with Crippen molar-refractivity contribution in [1.82, 2.24) is 10.6 Å². The first-order valence-corrected chi connectivity index (χ1v) is 9.06. The van der Waals surface area contributed by atoms with Gasteiger partial charge in [0.25, 0.3) is 5.91 Å². The second kappa shape index (κ2) is 7.48. The highest BCUT2D eigenvalue weighted by molar-refractivity contribution is 7.80. The van der Waals surface area contributed by atoms with Gasteiger partial charge in [0.2, 0.25) is 0 Å². The molecule has 0 spiro atoms. The minimum atomic E-state index is -0.341. The lowest BCUT2D eigenvalue weighted by molar-refractivity contribution is -0.113. The summed E-state index contributed by atoms with van der Waals surface area (Å²) in [6.07, 6.45) is 0. The number of aryl methyl sites for hydroxylation is 2. The highest BCUT2D eigenvalue weighted by Gasteiger charge is 2.30. The molecular weight excluding hydrogens is 366 g/mol. The predicted molar refractivity (Wildman–Crippen MR) is 110 cm³/mol. The number of nitrogens with one attached hydrogen (secondary N) is 3. The van der Waals surface area contributed by atoms with Gasteiger partial charge in [-0.1, -0.05) is 41.4 Å². The van der Waals surface area contributed by atoms with Crippen LogP contribution in [0.15, 0.2) is 53.7 Å². The lowest BCUT2D eigenvalue weighted by Gasteiger charge is -2.30. The topological polar surface area (TPSA) is 53.2 Å². The fraction of sp³-hybridized carbons (Fsp3) is 0.200. The van der Waals surface area contributed by atoms with Crippen LogP contribution in [0.25, 0.3) is 0 Å². The number of hydrogen-bond donors (Lipinski definition) is 3. The Morgan fingerprint density at radius 1 is 1.12 bits per heavy atom. The third-order valence-electron chi connectivity index (χ3n) is 4.35. The Morgan fingerprint density at radius 2 is 1.81 bits per heavy atom. The summed E-state index contributed by atoms with van der Waals surface area (Å²) < 4.78 is 0. The third-order valence-corrected chi connectivity index (χ3v) is 4.82. The van der Waals surface area contributed by atoms with Crippen molar-refractivity contribution >= 4 is 40.5 Å². The van der Waals surface area contributed by atoms with Gasteiger partial charge in [-0.25, -0.2) is 0 Å². The average molecular weight is 386 g/mol. The number of rotatable bonds is 3. The SMILES string of the molecule is CC1=C(C(=O)Nc2ccc(C)cc2C)C(c2ccc(Cl)cc2)NC(=S)N1. The van der Waals surface area contributed by atoms with Crippen LogP contribution in [-0.2, 0) is 4.79 Å². The Morgan fingerprint density at radius 3 is 2.46 bits per heavy atom. The van der Waals surface area contributed by atoms with Crippen LogP contribution < -0.4 is 16.0 Å². The maximum absolute atomic E-state index is 13.1. The fourth-order valence-electron chi connectivity index (χ4n) is 3.04. The smallest absolute Gasteiger partial charge is 0.255 e. The summed E-state index contributed by atoms with van der Waals surface area (Å²) in [7, 11) is 0. The van der Waals surface area contributed by atoms with Gasteiger partial charge in [0.05, 0.1) is 11.6 Å². The van der Waals surface area contributed by atoms with E-state index in [-0.39, 0.29) is 11.9 Å². The Hall–Kier alpha value is -2.37. The summed E-state index contributed by atoms with van der Waals surface area (Å²) in [5, 5.41) is 10.4. The van der Waals surface area contributed by atoms with Crippen LogP contribution in [0, 0.1) is 13.8 Å². The quantitative estimate of drug-likeness (QED) is 0.686. The van der Waals surface area contributed by atoms with Crippen LogP contribution in [-0.4, -0.2) is 11.0 Å². The number of carbonyl (C=O) groups excluding carboxylic acids is 1. The molecule has 1 heterocycles. The van der Waals surface area contributed by atoms with Gasteiger partial charge in [0, 0.05) is 16.4 Å². The number of halogens is 1. The molecule has 3 rings (SSSR count). The van der Waals surface area contributed by atoms with Crippen LogP contribution in [0.3, 0.4) is 0 Å². The van der Waals surface area contributed by atoms with Gasteiger partial charge in [-0.15, -0.1) is 0 Å². The van der Waals surface area contributed by atoms with Gasteiger partial charge in [-0.05, 0) is 62.3 Å². The Kier molecular flexibility index (Phi) is 5.30. The van der Waals surface area contributed by atoms with Gasteiger partial charge in [-0.2, -0.15) is 0 Å². The minimum Gasteiger partial charge on any atom is -0.351 e. The van der Waals surface area contributed by atoms with Crippen LogP contribution >= 0.6 is 23.8 Å². The lowest BCUT2D eigenvalue weighted by Crippen LogP contribution is -2.45. The van der Waals surface area contributed by atoms with Crippen molar-refractivity contribution in [3.63, 3.8) is 0 Å². The molecule has 26 heavy (non-hydrogen) atoms. The zero-order chi connectivity index (χ0) is 18.8. The van der Waals surface area contributed by atoms with Gasteiger partial charge in [-0.3, -0.25) is 4.79 Å². The molecule has 1 atom stereocenters. The van der Waals surface area contributed by atoms with E-state index in [9.17, 15) is 4.79 Å². The van der Waals surface area contributed by atoms with E-state index in [0.29, 0.717) is 15.7 Å². The first-order valence-electron chi connectivity index (χ1n) is 8.27. The van der Waals surface area contributed by atoms with Crippen molar-refractivity contribution in [2.24, 2.45) is 0 Å². The molecule has 0 aromatic heterocycles. The van der Waals surface area contributed by atoms with E-state index in [1.54, 1.807) is 12.1 Å². The third kappa shape index (κ3) is 3.89. The standard InChI is InChI=1S/C20H20ClN3OS/c1-11-4-9-16(12(2)10-11)23-19(25)17-13(3)22-20(26)24-18(17)14-5-7-15(21)8-6-14/h4-10,18H,1-3H3,(H,23,25)(H2,22,24,26). The number of carbonyl (C=O) groups is 1. The molecule has 4 nitrogen and oxygen atoms in total. The summed E-state index contributed by atoms with van der Waals surface area (Å²) in [5.74, 6) is -0.170. The number of thiocarbonyl (C=S) groups is 1. The second-order valence-electron chi connectivity index (χ2n) is 6.39. The molecule has 1 amide bonds. The molecule has 134 valence electrons. The zero-order valence-electron chi connectivity index (χ0n) is 14.8. The van der Waals surface area contributed by atoms with E-state index in [1.165, 1.54) is 0 Å². The number of benzene rings is 2. The molecule has 6 heteroatoms. The fourth-order valence-corrected chi connectivity index (χ4v) is 3.44. The van der Waals surface area contributed by atoms with Gasteiger partial charge >= 0.3 is 0 Å². The maximum atomic E-state index is 13.1. The molecule has 1 aliphatic heterocycles. The molecule has 1 unspecified atom stereocenters. The highest BCUT2D eigenvalue weighted by atomic mass is 35.5. The second-order valence-corrected chi connectivity index (χ2v) is 7.24. The van der Waals surface area contributed by atoms with Crippen molar-refractivity contribution < 1.29 is 4.79 Å². The average Bonchev–Trinajstić information content (AvgIpc) is 2.57. The molecule has 2 aromatic carbocycles. The van der Waals surface area contributed by atoms with Gasteiger partial charge in [0.15, 0.2) is 5.11 Å². The lowest BCUT2D eigenvalue weighted by atomic mass is 9.95. The molecule has 2 aromatic rings. The van der Waals surface area contributed by atoms with Crippen molar-refractivity contribution in [3.05, 3.63) is 75.4 Å². The van der Waals surface area contributed by atoms with E-state index in [4.69, 9.17) is 23.8 Å². The van der Waals surface area contributed by atoms with E-state index in [2.05, 4.69) is 16.0 Å². The summed E-state index contributed by atoms with van der Waals surface area (Å²) >= 11 is 11.3. The van der Waals surface area contributed by atoms with Crippen molar-refractivity contribution in [3.8, 4) is 0 Å². The minimum absolute atomic E-state index is 0.170. The zero-order valence-corrected chi connectivity index (χ0v) is 16.4. The van der Waals surface area contributed by atoms with E-state index in [1.807, 2.05) is 51.1 Å².